The molecule has 0 aromatic carbocycles. The van der Waals surface area contributed by atoms with E-state index in [4.69, 9.17) is 85.3 Å². The molecule has 21 fully saturated rings. The van der Waals surface area contributed by atoms with Crippen LogP contribution in [0.15, 0.2) is 0 Å². The normalized spacial score (nSPS) is 44.7. The molecule has 0 N–H and O–H groups in total. The number of esters is 3. The molecule has 104 heavy (non-hydrogen) atoms. The molecular weight excluding hydrogens is 1340 g/mol. The van der Waals surface area contributed by atoms with Crippen LogP contribution >= 0.6 is 0 Å². The van der Waals surface area contributed by atoms with Crippen molar-refractivity contribution in [2.75, 3.05) is 59.5 Å². The van der Waals surface area contributed by atoms with E-state index in [2.05, 4.69) is 12.0 Å². The fourth-order valence-electron chi connectivity index (χ4n) is 19.1. The second kappa shape index (κ2) is 35.5. The molecule has 10 aliphatic carbocycles. The maximum absolute atomic E-state index is 12.1. The van der Waals surface area contributed by atoms with Crippen LogP contribution in [0.25, 0.3) is 0 Å². The first kappa shape index (κ1) is 75.7. The number of carbonyl (C=O) groups is 6. The summed E-state index contributed by atoms with van der Waals surface area (Å²) in [7, 11) is 0. The van der Waals surface area contributed by atoms with Gasteiger partial charge in [0, 0.05) is 25.2 Å². The fraction of sp³-hybridized carbons (Fsp3) is 0.901. The highest BCUT2D eigenvalue weighted by Gasteiger charge is 2.53. The summed E-state index contributed by atoms with van der Waals surface area (Å²) in [5.74, 6) is 7.05. The van der Waals surface area contributed by atoms with Crippen LogP contribution in [-0.2, 0) is 109 Å². The minimum absolute atomic E-state index is 0.00258. The SMILES string of the molecule is C1CC2OC2CC1C1CO1.C=O.CC#COCC1CCC2OC2C1.O=C(CCCOC(=O)C1CCC2OC2C1)OCC1CCC2OC2C1.O=C(COCC1CCC2OC2C1)C1CCC2OC2C1.O=C(COCC1CCC2OC2C1)C1CCC2OC2C1.O=C(OCC1CCC2OC2C1)C1CCC2OC2C1. The predicted molar refractivity (Wildman–Crippen MR) is 370 cm³/mol. The highest BCUT2D eigenvalue weighted by molar-refractivity contribution is 5.83. The third-order valence-electron chi connectivity index (χ3n) is 26.5. The zero-order valence-corrected chi connectivity index (χ0v) is 61.5. The quantitative estimate of drug-likeness (QED) is 0.0302. The second-order valence-electron chi connectivity index (χ2n) is 34.2. The standard InChI is InChI=1S/C18H26O6.2C15H22O4.C14H20O4.C10H14O2.C8H12O2.CH2O/c19-17(22-10-11-3-5-13-15(8-11)23-13)2-1-7-21-18(20)12-4-6-14-16(9-12)24-14;2*16-11(10-2-4-13-15(6-10)19-13)8-17-7-9-1-3-12-14(5-9)18-12;15-14(9-2-4-11-13(6-9)18-11)16-7-8-1-3-10-12(5-8)17-10;1-2-5-11-7-8-3-4-9-10(6-8)12-9;1-2-6-7(10-6)3-5(1)8-4-9-8;1-2/h11-16H,1-10H2;2*9-10,12-15H,1-8H2;8-13H,1-7H2;8-10H,3-4,6-7H2,1H3;5-8H,1-4H2;1H2. The van der Waals surface area contributed by atoms with E-state index >= 15 is 0 Å². The molecule has 31 unspecified atom stereocenters. The smallest absolute Gasteiger partial charge is 0.309 e. The van der Waals surface area contributed by atoms with Gasteiger partial charge in [0.1, 0.15) is 32.7 Å². The monoisotopic (exact) mass is 1460 g/mol. The maximum atomic E-state index is 12.1. The number of epoxide rings is 11. The van der Waals surface area contributed by atoms with Gasteiger partial charge in [0.15, 0.2) is 11.6 Å². The Labute approximate surface area is 614 Å². The van der Waals surface area contributed by atoms with Gasteiger partial charge in [-0.15, -0.1) is 0 Å². The van der Waals surface area contributed by atoms with Crippen LogP contribution in [0.1, 0.15) is 212 Å². The van der Waals surface area contributed by atoms with Crippen LogP contribution in [0, 0.1) is 71.2 Å². The van der Waals surface area contributed by atoms with Crippen molar-refractivity contribution in [3.63, 3.8) is 0 Å². The molecule has 23 heteroatoms. The lowest BCUT2D eigenvalue weighted by molar-refractivity contribution is -0.152. The van der Waals surface area contributed by atoms with Crippen LogP contribution in [0.5, 0.6) is 0 Å². The molecule has 11 saturated heterocycles. The van der Waals surface area contributed by atoms with Crippen molar-refractivity contribution in [3.8, 4) is 12.0 Å². The molecule has 0 bridgehead atoms. The van der Waals surface area contributed by atoms with Gasteiger partial charge in [-0.1, -0.05) is 5.92 Å². The summed E-state index contributed by atoms with van der Waals surface area (Å²) in [5.41, 5.74) is 0. The minimum Gasteiger partial charge on any atom is -0.465 e. The van der Waals surface area contributed by atoms with Crippen LogP contribution in [0.4, 0.5) is 0 Å². The summed E-state index contributed by atoms with van der Waals surface area (Å²) >= 11 is 0. The number of fused-ring (bicyclic) bond motifs is 10. The third-order valence-corrected chi connectivity index (χ3v) is 26.5. The fourth-order valence-corrected chi connectivity index (χ4v) is 19.1. The molecule has 0 amide bonds. The number of Topliss-reactive ketones (excluding diaryl/α,β-unsaturated/α-hetero) is 2. The Kier molecular flexibility index (Phi) is 25.8. The molecule has 21 aliphatic rings. The van der Waals surface area contributed by atoms with Crippen LogP contribution < -0.4 is 0 Å². The molecule has 0 aromatic heterocycles. The summed E-state index contributed by atoms with van der Waals surface area (Å²) in [6, 6.07) is 0. The molecule has 11 aliphatic heterocycles. The van der Waals surface area contributed by atoms with Crippen molar-refractivity contribution in [3.05, 3.63) is 0 Å². The Balaban J connectivity index is 0.000000102. The molecule has 0 radical (unpaired) electrons. The van der Waals surface area contributed by atoms with Crippen molar-refractivity contribution in [1.82, 2.24) is 0 Å². The van der Waals surface area contributed by atoms with E-state index in [-0.39, 0.29) is 59.2 Å². The lowest BCUT2D eigenvalue weighted by atomic mass is 9.86. The summed E-state index contributed by atoms with van der Waals surface area (Å²) < 4.78 is 92.5. The molecule has 0 spiro atoms. The Morgan fingerprint density at radius 2 is 0.654 bits per heavy atom. The largest absolute Gasteiger partial charge is 0.465 e. The molecule has 23 nitrogen and oxygen atoms in total. The van der Waals surface area contributed by atoms with Gasteiger partial charge in [0.25, 0.3) is 0 Å². The van der Waals surface area contributed by atoms with E-state index in [0.29, 0.717) is 198 Å². The lowest BCUT2D eigenvalue weighted by Crippen LogP contribution is -2.27. The first-order valence-electron chi connectivity index (χ1n) is 41.1. The van der Waals surface area contributed by atoms with Gasteiger partial charge in [-0.2, -0.15) is 0 Å². The minimum atomic E-state index is -0.197. The first-order valence-corrected chi connectivity index (χ1v) is 41.1. The third kappa shape index (κ3) is 22.5. The van der Waals surface area contributed by atoms with E-state index in [9.17, 15) is 24.0 Å². The molecule has 31 atom stereocenters. The number of carbonyl (C=O) groups excluding carboxylic acids is 6. The summed E-state index contributed by atoms with van der Waals surface area (Å²) in [4.78, 5) is 67.9. The number of hydrogen-bond donors (Lipinski definition) is 0. The summed E-state index contributed by atoms with van der Waals surface area (Å²) in [6.45, 7) is 9.03. The van der Waals surface area contributed by atoms with Crippen molar-refractivity contribution in [2.45, 2.75) is 341 Å². The lowest BCUT2D eigenvalue weighted by Gasteiger charge is -2.21. The van der Waals surface area contributed by atoms with E-state index in [1.54, 1.807) is 6.92 Å². The van der Waals surface area contributed by atoms with E-state index < -0.39 is 0 Å². The first-order chi connectivity index (χ1) is 50.9. The van der Waals surface area contributed by atoms with Crippen LogP contribution in [-0.4, -0.2) is 224 Å². The molecule has 0 aromatic rings. The second-order valence-corrected chi connectivity index (χ2v) is 34.2. The zero-order valence-electron chi connectivity index (χ0n) is 61.5. The summed E-state index contributed by atoms with van der Waals surface area (Å²) in [6.07, 6.45) is 46.2. The van der Waals surface area contributed by atoms with E-state index in [0.717, 1.165) is 161 Å². The predicted octanol–water partition coefficient (Wildman–Crippen LogP) is 9.39. The van der Waals surface area contributed by atoms with E-state index in [1.165, 1.54) is 64.2 Å². The van der Waals surface area contributed by atoms with Gasteiger partial charge in [0.05, 0.1) is 180 Å². The Morgan fingerprint density at radius 3 is 1.02 bits per heavy atom. The van der Waals surface area contributed by atoms with Crippen molar-refractivity contribution in [2.24, 2.45) is 59.2 Å². The number of hydrogen-bond acceptors (Lipinski definition) is 23. The number of ether oxygens (including phenoxy) is 17. The topological polar surface area (TPSA) is 296 Å². The van der Waals surface area contributed by atoms with Gasteiger partial charge < -0.3 is 85.3 Å². The molecule has 11 heterocycles. The number of ketones is 2. The molecule has 10 saturated carbocycles. The molecule has 21 rings (SSSR count). The van der Waals surface area contributed by atoms with Crippen molar-refractivity contribution in [1.29, 1.82) is 0 Å². The Morgan fingerprint density at radius 1 is 0.337 bits per heavy atom. The maximum Gasteiger partial charge on any atom is 0.309 e. The van der Waals surface area contributed by atoms with Crippen LogP contribution in [0.2, 0.25) is 0 Å². The highest BCUT2D eigenvalue weighted by Crippen LogP contribution is 2.48. The number of rotatable bonds is 23. The molecule has 580 valence electrons. The van der Waals surface area contributed by atoms with Gasteiger partial charge in [0.2, 0.25) is 0 Å². The zero-order chi connectivity index (χ0) is 71.2. The van der Waals surface area contributed by atoms with E-state index in [1.807, 2.05) is 6.79 Å². The Hall–Kier alpha value is -3.74. The average Bonchev–Trinajstić information content (AvgIpc) is 1.61. The van der Waals surface area contributed by atoms with Gasteiger partial charge in [-0.25, -0.2) is 0 Å². The van der Waals surface area contributed by atoms with Gasteiger partial charge in [-0.05, 0) is 235 Å². The van der Waals surface area contributed by atoms with Crippen molar-refractivity contribution < 1.29 is 109 Å². The Bertz CT molecular complexity index is 2870. The highest BCUT2D eigenvalue weighted by atomic mass is 16.6. The van der Waals surface area contributed by atoms with Gasteiger partial charge >= 0.3 is 17.9 Å². The van der Waals surface area contributed by atoms with Crippen LogP contribution in [0.3, 0.4) is 0 Å². The van der Waals surface area contributed by atoms with Gasteiger partial charge in [-0.3, -0.25) is 24.0 Å². The average molecular weight is 1460 g/mol. The molecular formula is C81H118O23. The summed E-state index contributed by atoms with van der Waals surface area (Å²) in [5, 5.41) is 0. The van der Waals surface area contributed by atoms with Crippen molar-refractivity contribution >= 4 is 36.3 Å².